The fourth-order valence-corrected chi connectivity index (χ4v) is 3.86. The minimum atomic E-state index is -1.03. The number of hydrogen-bond donors (Lipinski definition) is 2. The van der Waals surface area contributed by atoms with E-state index in [4.69, 9.17) is 0 Å². The molecule has 2 aromatic rings. The molecule has 0 saturated carbocycles. The summed E-state index contributed by atoms with van der Waals surface area (Å²) in [4.78, 5) is 28.1. The number of aliphatic carboxylic acids is 1. The molecule has 1 atom stereocenters. The fraction of sp³-hybridized carbons (Fsp3) is 0.353. The number of nitrogens with one attached hydrogen (secondary N) is 1. The molecule has 23 heavy (non-hydrogen) atoms. The molecule has 0 aliphatic heterocycles. The lowest BCUT2D eigenvalue weighted by atomic mass is 10.1. The van der Waals surface area contributed by atoms with Gasteiger partial charge in [-0.3, -0.25) is 9.78 Å². The van der Waals surface area contributed by atoms with Crippen LogP contribution in [0, 0.1) is 6.92 Å². The van der Waals surface area contributed by atoms with Gasteiger partial charge < -0.3 is 10.4 Å². The predicted octanol–water partition coefficient (Wildman–Crippen LogP) is 2.79. The number of nitrogens with zero attached hydrogens (tertiary/aromatic N) is 1. The molecular weight excluding hydrogens is 312 g/mol. The molecule has 1 amide bonds. The van der Waals surface area contributed by atoms with Crippen LogP contribution in [-0.4, -0.2) is 33.8 Å². The zero-order chi connectivity index (χ0) is 17.0. The second kappa shape index (κ2) is 7.46. The first-order valence-corrected chi connectivity index (χ1v) is 8.43. The number of pyridine rings is 1. The quantitative estimate of drug-likeness (QED) is 0.795. The Kier molecular flexibility index (Phi) is 5.60. The number of amides is 1. The molecule has 2 N–H and O–H groups in total. The second-order valence-corrected chi connectivity index (χ2v) is 6.31. The van der Waals surface area contributed by atoms with Crippen molar-refractivity contribution >= 4 is 34.5 Å². The number of benzene rings is 1. The van der Waals surface area contributed by atoms with E-state index in [1.807, 2.05) is 31.2 Å². The van der Waals surface area contributed by atoms with Gasteiger partial charge in [-0.15, -0.1) is 11.8 Å². The molecule has 0 aliphatic rings. The molecule has 1 aromatic carbocycles. The molecule has 122 valence electrons. The average Bonchev–Trinajstić information content (AvgIpc) is 2.50. The van der Waals surface area contributed by atoms with Crippen LogP contribution in [0.2, 0.25) is 0 Å². The molecule has 0 spiro atoms. The zero-order valence-corrected chi connectivity index (χ0v) is 14.2. The van der Waals surface area contributed by atoms with Gasteiger partial charge >= 0.3 is 5.97 Å². The summed E-state index contributed by atoms with van der Waals surface area (Å²) in [5, 5.41) is 12.7. The van der Waals surface area contributed by atoms with Crippen LogP contribution in [0.4, 0.5) is 0 Å². The van der Waals surface area contributed by atoms with Crippen molar-refractivity contribution in [2.24, 2.45) is 0 Å². The van der Waals surface area contributed by atoms with Crippen LogP contribution in [0.3, 0.4) is 0 Å². The van der Waals surface area contributed by atoms with Crippen molar-refractivity contribution in [3.05, 3.63) is 35.5 Å². The Morgan fingerprint density at radius 1 is 1.35 bits per heavy atom. The van der Waals surface area contributed by atoms with Crippen LogP contribution >= 0.6 is 11.8 Å². The number of aryl methyl sites for hydroxylation is 1. The third-order valence-corrected chi connectivity index (χ3v) is 4.83. The number of thioether (sulfide) groups is 1. The molecule has 0 unspecified atom stereocenters. The van der Waals surface area contributed by atoms with E-state index in [1.165, 1.54) is 18.7 Å². The van der Waals surface area contributed by atoms with E-state index in [-0.39, 0.29) is 11.7 Å². The van der Waals surface area contributed by atoms with Crippen molar-refractivity contribution in [3.63, 3.8) is 0 Å². The molecule has 0 radical (unpaired) electrons. The molecule has 0 saturated heterocycles. The Morgan fingerprint density at radius 2 is 2.04 bits per heavy atom. The van der Waals surface area contributed by atoms with Crippen molar-refractivity contribution in [2.75, 3.05) is 5.75 Å². The summed E-state index contributed by atoms with van der Waals surface area (Å²) >= 11 is 1.46. The first-order chi connectivity index (χ1) is 10.9. The number of fused-ring (bicyclic) bond motifs is 1. The Labute approximate surface area is 139 Å². The molecular formula is C17H20N2O3S. The molecule has 2 rings (SSSR count). The second-order valence-electron chi connectivity index (χ2n) is 5.28. The largest absolute Gasteiger partial charge is 0.480 e. The van der Waals surface area contributed by atoms with Crippen molar-refractivity contribution in [2.45, 2.75) is 38.1 Å². The smallest absolute Gasteiger partial charge is 0.327 e. The van der Waals surface area contributed by atoms with Crippen LogP contribution in [0.25, 0.3) is 10.9 Å². The Hall–Kier alpha value is -2.08. The number of carbonyl (C=O) groups is 2. The van der Waals surface area contributed by atoms with E-state index < -0.39 is 12.0 Å². The summed E-state index contributed by atoms with van der Waals surface area (Å²) in [6.07, 6.45) is 0.823. The number of para-hydroxylation sites is 1. The molecule has 0 bridgehead atoms. The molecule has 0 aliphatic carbocycles. The van der Waals surface area contributed by atoms with Crippen molar-refractivity contribution in [1.29, 1.82) is 0 Å². The average molecular weight is 332 g/mol. The van der Waals surface area contributed by atoms with Gasteiger partial charge in [-0.05, 0) is 25.0 Å². The summed E-state index contributed by atoms with van der Waals surface area (Å²) in [6.45, 7) is 5.35. The minimum Gasteiger partial charge on any atom is -0.480 e. The standard InChI is InChI=1S/C17H20N2O3S/c1-4-12-10(2)18-14-8-6-5-7-13(14)16(12)23-9-15(17(21)22)19-11(3)20/h5-8,15H,4,9H2,1-3H3,(H,19,20)(H,21,22)/t15-/m0/s1. The maximum atomic E-state index is 11.3. The van der Waals surface area contributed by atoms with E-state index in [9.17, 15) is 14.7 Å². The van der Waals surface area contributed by atoms with Gasteiger partial charge in [0, 0.05) is 28.7 Å². The summed E-state index contributed by atoms with van der Waals surface area (Å²) in [5.41, 5.74) is 2.98. The van der Waals surface area contributed by atoms with Gasteiger partial charge in [-0.25, -0.2) is 4.79 Å². The first-order valence-electron chi connectivity index (χ1n) is 7.45. The summed E-state index contributed by atoms with van der Waals surface area (Å²) < 4.78 is 0. The number of carboxylic acids is 1. The highest BCUT2D eigenvalue weighted by Crippen LogP contribution is 2.33. The lowest BCUT2D eigenvalue weighted by Gasteiger charge is -2.17. The van der Waals surface area contributed by atoms with Gasteiger partial charge in [-0.2, -0.15) is 0 Å². The van der Waals surface area contributed by atoms with E-state index >= 15 is 0 Å². The fourth-order valence-electron chi connectivity index (χ4n) is 2.51. The van der Waals surface area contributed by atoms with E-state index in [2.05, 4.69) is 17.2 Å². The van der Waals surface area contributed by atoms with Crippen molar-refractivity contribution in [1.82, 2.24) is 10.3 Å². The van der Waals surface area contributed by atoms with Gasteiger partial charge in [0.15, 0.2) is 0 Å². The van der Waals surface area contributed by atoms with Gasteiger partial charge in [0.05, 0.1) is 5.52 Å². The van der Waals surface area contributed by atoms with E-state index in [1.54, 1.807) is 0 Å². The molecule has 0 fully saturated rings. The maximum absolute atomic E-state index is 11.3. The van der Waals surface area contributed by atoms with E-state index in [0.717, 1.165) is 33.5 Å². The van der Waals surface area contributed by atoms with Crippen molar-refractivity contribution < 1.29 is 14.7 Å². The van der Waals surface area contributed by atoms with Gasteiger partial charge in [0.1, 0.15) is 6.04 Å². The third kappa shape index (κ3) is 4.01. The maximum Gasteiger partial charge on any atom is 0.327 e. The highest BCUT2D eigenvalue weighted by atomic mass is 32.2. The Morgan fingerprint density at radius 3 is 2.65 bits per heavy atom. The number of hydrogen-bond acceptors (Lipinski definition) is 4. The number of carbonyl (C=O) groups excluding carboxylic acids is 1. The number of aromatic nitrogens is 1. The normalized spacial score (nSPS) is 12.1. The summed E-state index contributed by atoms with van der Waals surface area (Å²) in [7, 11) is 0. The highest BCUT2D eigenvalue weighted by molar-refractivity contribution is 7.99. The van der Waals surface area contributed by atoms with Crippen LogP contribution in [0.5, 0.6) is 0 Å². The van der Waals surface area contributed by atoms with Crippen LogP contribution in [0.15, 0.2) is 29.2 Å². The van der Waals surface area contributed by atoms with Gasteiger partial charge in [0.25, 0.3) is 0 Å². The van der Waals surface area contributed by atoms with Gasteiger partial charge in [0.2, 0.25) is 5.91 Å². The zero-order valence-electron chi connectivity index (χ0n) is 13.4. The highest BCUT2D eigenvalue weighted by Gasteiger charge is 2.20. The van der Waals surface area contributed by atoms with Crippen molar-refractivity contribution in [3.8, 4) is 0 Å². The lowest BCUT2D eigenvalue weighted by molar-refractivity contribution is -0.140. The Bertz CT molecular complexity index is 746. The predicted molar refractivity (Wildman–Crippen MR) is 91.8 cm³/mol. The summed E-state index contributed by atoms with van der Waals surface area (Å²) in [5.74, 6) is -1.10. The van der Waals surface area contributed by atoms with Gasteiger partial charge in [-0.1, -0.05) is 25.1 Å². The summed E-state index contributed by atoms with van der Waals surface area (Å²) in [6, 6.07) is 6.93. The molecule has 1 aromatic heterocycles. The third-order valence-electron chi connectivity index (χ3n) is 3.57. The van der Waals surface area contributed by atoms with Crippen LogP contribution in [0.1, 0.15) is 25.1 Å². The lowest BCUT2D eigenvalue weighted by Crippen LogP contribution is -2.41. The number of rotatable bonds is 6. The topological polar surface area (TPSA) is 79.3 Å². The van der Waals surface area contributed by atoms with E-state index in [0.29, 0.717) is 0 Å². The van der Waals surface area contributed by atoms with Crippen LogP contribution in [-0.2, 0) is 16.0 Å². The molecule has 6 heteroatoms. The molecule has 1 heterocycles. The SMILES string of the molecule is CCc1c(C)nc2ccccc2c1SC[C@H](NC(C)=O)C(=O)O. The number of carboxylic acid groups (broad SMARTS) is 1. The molecule has 5 nitrogen and oxygen atoms in total. The van der Waals surface area contributed by atoms with Crippen LogP contribution < -0.4 is 5.32 Å². The first kappa shape index (κ1) is 17.3. The minimum absolute atomic E-state index is 0.273. The monoisotopic (exact) mass is 332 g/mol. The Balaban J connectivity index is 2.38.